The van der Waals surface area contributed by atoms with Crippen molar-refractivity contribution in [2.45, 2.75) is 38.9 Å². The lowest BCUT2D eigenvalue weighted by Gasteiger charge is -2.27. The zero-order valence-corrected chi connectivity index (χ0v) is 13.4. The van der Waals surface area contributed by atoms with Crippen molar-refractivity contribution in [3.8, 4) is 0 Å². The van der Waals surface area contributed by atoms with E-state index in [1.165, 1.54) is 0 Å². The second-order valence-electron chi connectivity index (χ2n) is 6.06. The number of aromatic nitrogens is 4. The van der Waals surface area contributed by atoms with E-state index in [9.17, 15) is 4.39 Å². The van der Waals surface area contributed by atoms with Crippen LogP contribution < -0.4 is 10.6 Å². The van der Waals surface area contributed by atoms with Gasteiger partial charge in [0, 0.05) is 13.0 Å². The Hall–Kier alpha value is -1.47. The summed E-state index contributed by atoms with van der Waals surface area (Å²) >= 11 is 6.13. The van der Waals surface area contributed by atoms with Gasteiger partial charge in [0.2, 0.25) is 5.95 Å². The molecule has 0 unspecified atom stereocenters. The van der Waals surface area contributed by atoms with Gasteiger partial charge in [-0.05, 0) is 18.9 Å². The topological polar surface area (TPSA) is 67.1 Å². The van der Waals surface area contributed by atoms with E-state index in [4.69, 9.17) is 11.6 Å². The molecule has 1 saturated heterocycles. The molecule has 0 saturated carbocycles. The molecular weight excluding hydrogens is 307 g/mol. The van der Waals surface area contributed by atoms with Crippen molar-refractivity contribution >= 4 is 23.1 Å². The molecule has 0 bridgehead atoms. The number of alkyl halides is 1. The van der Waals surface area contributed by atoms with E-state index >= 15 is 0 Å². The number of hydrogen-bond acceptors (Lipinski definition) is 5. The van der Waals surface area contributed by atoms with E-state index in [0.717, 1.165) is 18.8 Å². The maximum Gasteiger partial charge on any atom is 0.241 e. The molecule has 22 heavy (non-hydrogen) atoms. The van der Waals surface area contributed by atoms with Gasteiger partial charge in [0.1, 0.15) is 17.5 Å². The van der Waals surface area contributed by atoms with Crippen molar-refractivity contribution in [2.75, 3.05) is 18.4 Å². The van der Waals surface area contributed by atoms with Gasteiger partial charge in [0.05, 0.1) is 12.2 Å². The highest BCUT2D eigenvalue weighted by Crippen LogP contribution is 2.20. The third-order valence-corrected chi connectivity index (χ3v) is 4.01. The SMILES string of the molecule is CC(C)Cc1nc(Cl)c2cnc(N[C@@H]3CCNC[C@H]3F)nn12. The summed E-state index contributed by atoms with van der Waals surface area (Å²) in [6.45, 7) is 5.36. The Labute approximate surface area is 133 Å². The first-order valence-corrected chi connectivity index (χ1v) is 7.94. The van der Waals surface area contributed by atoms with Gasteiger partial charge in [-0.25, -0.2) is 18.9 Å². The molecule has 1 aliphatic rings. The second kappa shape index (κ2) is 6.34. The zero-order valence-electron chi connectivity index (χ0n) is 12.7. The monoisotopic (exact) mass is 326 g/mol. The Morgan fingerprint density at radius 1 is 1.55 bits per heavy atom. The van der Waals surface area contributed by atoms with Gasteiger partial charge in [-0.1, -0.05) is 25.4 Å². The molecule has 1 aliphatic heterocycles. The highest BCUT2D eigenvalue weighted by molar-refractivity contribution is 6.32. The standard InChI is InChI=1S/C14H20ClFN6/c1-8(2)5-12-20-13(15)11-7-18-14(21-22(11)12)19-10-3-4-17-6-9(10)16/h7-10,17H,3-6H2,1-2H3,(H,19,21)/t9-,10-/m1/s1. The minimum Gasteiger partial charge on any atom is -0.347 e. The van der Waals surface area contributed by atoms with Crippen LogP contribution in [-0.4, -0.2) is 44.9 Å². The second-order valence-corrected chi connectivity index (χ2v) is 6.41. The van der Waals surface area contributed by atoms with Gasteiger partial charge in [-0.2, -0.15) is 0 Å². The first kappa shape index (κ1) is 15.4. The molecule has 0 amide bonds. The number of nitrogens with one attached hydrogen (secondary N) is 2. The smallest absolute Gasteiger partial charge is 0.241 e. The van der Waals surface area contributed by atoms with Gasteiger partial charge in [0.15, 0.2) is 5.15 Å². The van der Waals surface area contributed by atoms with Crippen LogP contribution in [0, 0.1) is 5.92 Å². The van der Waals surface area contributed by atoms with Crippen molar-refractivity contribution in [3.63, 3.8) is 0 Å². The molecule has 1 fully saturated rings. The van der Waals surface area contributed by atoms with E-state index in [1.54, 1.807) is 10.7 Å². The molecular formula is C14H20ClFN6. The van der Waals surface area contributed by atoms with Crippen molar-refractivity contribution in [2.24, 2.45) is 5.92 Å². The van der Waals surface area contributed by atoms with Crippen molar-refractivity contribution in [1.82, 2.24) is 24.9 Å². The molecule has 3 rings (SSSR count). The summed E-state index contributed by atoms with van der Waals surface area (Å²) in [6, 6.07) is -0.272. The fourth-order valence-corrected chi connectivity index (χ4v) is 2.85. The molecule has 120 valence electrons. The minimum atomic E-state index is -0.949. The predicted octanol–water partition coefficient (Wildman–Crippen LogP) is 2.09. The number of nitrogens with zero attached hydrogens (tertiary/aromatic N) is 4. The number of halogens is 2. The van der Waals surface area contributed by atoms with Crippen LogP contribution in [0.5, 0.6) is 0 Å². The van der Waals surface area contributed by atoms with Gasteiger partial charge in [-0.3, -0.25) is 0 Å². The first-order valence-electron chi connectivity index (χ1n) is 7.56. The Morgan fingerprint density at radius 2 is 2.36 bits per heavy atom. The van der Waals surface area contributed by atoms with Gasteiger partial charge < -0.3 is 10.6 Å². The molecule has 2 aromatic heterocycles. The highest BCUT2D eigenvalue weighted by atomic mass is 35.5. The number of piperidine rings is 1. The average molecular weight is 327 g/mol. The zero-order chi connectivity index (χ0) is 15.7. The highest BCUT2D eigenvalue weighted by Gasteiger charge is 2.25. The van der Waals surface area contributed by atoms with Crippen molar-refractivity contribution in [1.29, 1.82) is 0 Å². The molecule has 8 heteroatoms. The summed E-state index contributed by atoms with van der Waals surface area (Å²) in [5, 5.41) is 10.9. The molecule has 0 aromatic carbocycles. The summed E-state index contributed by atoms with van der Waals surface area (Å²) in [7, 11) is 0. The van der Waals surface area contributed by atoms with Crippen LogP contribution in [0.2, 0.25) is 5.15 Å². The van der Waals surface area contributed by atoms with E-state index in [2.05, 4.69) is 39.5 Å². The lowest BCUT2D eigenvalue weighted by molar-refractivity contribution is 0.244. The Balaban J connectivity index is 1.87. The minimum absolute atomic E-state index is 0.272. The van der Waals surface area contributed by atoms with Crippen LogP contribution >= 0.6 is 11.6 Å². The fourth-order valence-electron chi connectivity index (χ4n) is 2.62. The van der Waals surface area contributed by atoms with Crippen LogP contribution in [0.4, 0.5) is 10.3 Å². The Bertz CT molecular complexity index is 658. The maximum atomic E-state index is 13.9. The molecule has 2 atom stereocenters. The van der Waals surface area contributed by atoms with Crippen molar-refractivity contribution in [3.05, 3.63) is 17.2 Å². The quantitative estimate of drug-likeness (QED) is 0.900. The summed E-state index contributed by atoms with van der Waals surface area (Å²) in [4.78, 5) is 8.58. The normalized spacial score (nSPS) is 22.4. The van der Waals surface area contributed by atoms with Crippen LogP contribution in [0.25, 0.3) is 5.52 Å². The summed E-state index contributed by atoms with van der Waals surface area (Å²) in [5.74, 6) is 1.64. The molecule has 3 heterocycles. The van der Waals surface area contributed by atoms with Crippen molar-refractivity contribution < 1.29 is 4.39 Å². The average Bonchev–Trinajstić information content (AvgIpc) is 2.77. The number of hydrogen-bond donors (Lipinski definition) is 2. The van der Waals surface area contributed by atoms with Gasteiger partial charge in [-0.15, -0.1) is 5.10 Å². The number of rotatable bonds is 4. The third-order valence-electron chi connectivity index (χ3n) is 3.73. The molecule has 0 aliphatic carbocycles. The Morgan fingerprint density at radius 3 is 3.09 bits per heavy atom. The fraction of sp³-hybridized carbons (Fsp3) is 0.643. The summed E-state index contributed by atoms with van der Waals surface area (Å²) in [5.41, 5.74) is 0.671. The Kier molecular flexibility index (Phi) is 4.44. The largest absolute Gasteiger partial charge is 0.347 e. The van der Waals surface area contributed by atoms with Crippen LogP contribution in [0.3, 0.4) is 0 Å². The van der Waals surface area contributed by atoms with E-state index < -0.39 is 6.17 Å². The van der Waals surface area contributed by atoms with Crippen LogP contribution in [-0.2, 0) is 6.42 Å². The maximum absolute atomic E-state index is 13.9. The summed E-state index contributed by atoms with van der Waals surface area (Å²) in [6.07, 6.45) is 2.15. The van der Waals surface area contributed by atoms with E-state index in [-0.39, 0.29) is 6.04 Å². The first-order chi connectivity index (χ1) is 10.5. The molecule has 0 spiro atoms. The molecule has 2 aromatic rings. The van der Waals surface area contributed by atoms with E-state index in [0.29, 0.717) is 35.5 Å². The lowest BCUT2D eigenvalue weighted by atomic mass is 10.1. The number of imidazole rings is 1. The molecule has 0 radical (unpaired) electrons. The molecule has 6 nitrogen and oxygen atoms in total. The predicted molar refractivity (Wildman–Crippen MR) is 84.1 cm³/mol. The van der Waals surface area contributed by atoms with Gasteiger partial charge >= 0.3 is 0 Å². The number of fused-ring (bicyclic) bond motifs is 1. The number of anilines is 1. The van der Waals surface area contributed by atoms with Crippen LogP contribution in [0.15, 0.2) is 6.20 Å². The molecule has 2 N–H and O–H groups in total. The van der Waals surface area contributed by atoms with Crippen LogP contribution in [0.1, 0.15) is 26.1 Å². The van der Waals surface area contributed by atoms with Gasteiger partial charge in [0.25, 0.3) is 0 Å². The summed E-state index contributed by atoms with van der Waals surface area (Å²) < 4.78 is 15.6. The van der Waals surface area contributed by atoms with E-state index in [1.807, 2.05) is 0 Å². The lowest BCUT2D eigenvalue weighted by Crippen LogP contribution is -2.45. The third kappa shape index (κ3) is 3.15.